The Hall–Kier alpha value is -4.89. The number of rotatable bonds is 9. The number of carbonyl (C=O) groups excluding carboxylic acids is 2. The molecule has 1 unspecified atom stereocenters. The summed E-state index contributed by atoms with van der Waals surface area (Å²) in [7, 11) is 0. The van der Waals surface area contributed by atoms with Crippen LogP contribution in [0.25, 0.3) is 0 Å². The predicted molar refractivity (Wildman–Crippen MR) is 150 cm³/mol. The van der Waals surface area contributed by atoms with Gasteiger partial charge in [0.1, 0.15) is 5.25 Å². The Morgan fingerprint density at radius 2 is 1.41 bits per heavy atom. The normalized spacial score (nSPS) is 11.3. The van der Waals surface area contributed by atoms with E-state index in [9.17, 15) is 24.3 Å². The Balaban J connectivity index is 1.56. The van der Waals surface area contributed by atoms with E-state index in [0.717, 1.165) is 17.2 Å². The van der Waals surface area contributed by atoms with E-state index in [1.54, 1.807) is 24.3 Å². The van der Waals surface area contributed by atoms with Crippen LogP contribution in [0.1, 0.15) is 47.5 Å². The summed E-state index contributed by atoms with van der Waals surface area (Å²) in [6, 6.07) is 26.9. The molecule has 0 spiro atoms. The minimum absolute atomic E-state index is 0.176. The molecule has 1 atom stereocenters. The zero-order chi connectivity index (χ0) is 27.9. The lowest BCUT2D eigenvalue weighted by atomic mass is 10.0. The third kappa shape index (κ3) is 6.91. The van der Waals surface area contributed by atoms with Crippen molar-refractivity contribution in [3.63, 3.8) is 0 Å². The highest BCUT2D eigenvalue weighted by Gasteiger charge is 2.23. The molecule has 0 heterocycles. The summed E-state index contributed by atoms with van der Waals surface area (Å²) in [5, 5.41) is 23.7. The first kappa shape index (κ1) is 27.2. The number of anilines is 2. The molecule has 9 heteroatoms. The SMILES string of the molecule is Cc1ccc(NC(=O)C(Sc2cccc(NC(=O)c3ccc(C(=O)O)cc3C(=O)O)c2)c2ccccc2)cc1. The van der Waals surface area contributed by atoms with Crippen LogP contribution >= 0.6 is 11.8 Å². The molecule has 196 valence electrons. The van der Waals surface area contributed by atoms with Crippen LogP contribution in [0, 0.1) is 6.92 Å². The summed E-state index contributed by atoms with van der Waals surface area (Å²) in [5.41, 5.74) is 2.10. The van der Waals surface area contributed by atoms with Crippen LogP contribution < -0.4 is 10.6 Å². The summed E-state index contributed by atoms with van der Waals surface area (Å²) in [6.45, 7) is 1.97. The molecule has 0 aliphatic rings. The van der Waals surface area contributed by atoms with E-state index in [-0.39, 0.29) is 17.0 Å². The number of amides is 2. The molecule has 2 amide bonds. The molecular weight excluding hydrogens is 516 g/mol. The van der Waals surface area contributed by atoms with Crippen LogP contribution in [0.15, 0.2) is 102 Å². The molecule has 0 aliphatic heterocycles. The fourth-order valence-electron chi connectivity index (χ4n) is 3.78. The number of thioether (sulfide) groups is 1. The second-order valence-corrected chi connectivity index (χ2v) is 9.79. The number of carboxylic acids is 2. The Morgan fingerprint density at radius 3 is 2.08 bits per heavy atom. The number of benzene rings is 4. The number of aryl methyl sites for hydroxylation is 1. The van der Waals surface area contributed by atoms with Gasteiger partial charge in [-0.15, -0.1) is 11.8 Å². The minimum atomic E-state index is -1.42. The molecule has 0 saturated heterocycles. The maximum absolute atomic E-state index is 13.3. The van der Waals surface area contributed by atoms with Gasteiger partial charge in [-0.1, -0.05) is 54.1 Å². The van der Waals surface area contributed by atoms with Gasteiger partial charge in [-0.2, -0.15) is 0 Å². The quantitative estimate of drug-likeness (QED) is 0.188. The summed E-state index contributed by atoms with van der Waals surface area (Å²) in [5.74, 6) is -3.64. The van der Waals surface area contributed by atoms with Gasteiger partial charge in [0.05, 0.1) is 16.7 Å². The Morgan fingerprint density at radius 1 is 0.692 bits per heavy atom. The highest BCUT2D eigenvalue weighted by molar-refractivity contribution is 8.00. The van der Waals surface area contributed by atoms with E-state index in [1.807, 2.05) is 61.5 Å². The first-order valence-corrected chi connectivity index (χ1v) is 12.7. The molecule has 4 rings (SSSR count). The van der Waals surface area contributed by atoms with Crippen molar-refractivity contribution >= 4 is 46.9 Å². The molecule has 0 radical (unpaired) electrons. The third-order valence-corrected chi connectivity index (χ3v) is 6.99. The van der Waals surface area contributed by atoms with Crippen molar-refractivity contribution < 1.29 is 29.4 Å². The van der Waals surface area contributed by atoms with Gasteiger partial charge in [0.2, 0.25) is 5.91 Å². The van der Waals surface area contributed by atoms with Crippen molar-refractivity contribution in [2.24, 2.45) is 0 Å². The fraction of sp³-hybridized carbons (Fsp3) is 0.0667. The smallest absolute Gasteiger partial charge is 0.336 e. The topological polar surface area (TPSA) is 133 Å². The number of carboxylic acid groups (broad SMARTS) is 2. The molecule has 8 nitrogen and oxygen atoms in total. The van der Waals surface area contributed by atoms with E-state index in [1.165, 1.54) is 23.9 Å². The first-order valence-electron chi connectivity index (χ1n) is 11.8. The summed E-state index contributed by atoms with van der Waals surface area (Å²) < 4.78 is 0. The van der Waals surface area contributed by atoms with Crippen molar-refractivity contribution in [1.29, 1.82) is 0 Å². The van der Waals surface area contributed by atoms with Crippen molar-refractivity contribution in [3.8, 4) is 0 Å². The van der Waals surface area contributed by atoms with Crippen molar-refractivity contribution in [3.05, 3.63) is 125 Å². The second kappa shape index (κ2) is 12.1. The fourth-order valence-corrected chi connectivity index (χ4v) is 4.86. The van der Waals surface area contributed by atoms with Gasteiger partial charge in [-0.3, -0.25) is 9.59 Å². The molecule has 4 N–H and O–H groups in total. The zero-order valence-electron chi connectivity index (χ0n) is 20.8. The largest absolute Gasteiger partial charge is 0.478 e. The molecule has 4 aromatic carbocycles. The van der Waals surface area contributed by atoms with Gasteiger partial charge in [-0.05, 0) is 61.0 Å². The maximum atomic E-state index is 13.3. The maximum Gasteiger partial charge on any atom is 0.336 e. The minimum Gasteiger partial charge on any atom is -0.478 e. The summed E-state index contributed by atoms with van der Waals surface area (Å²) in [4.78, 5) is 49.8. The molecule has 39 heavy (non-hydrogen) atoms. The van der Waals surface area contributed by atoms with Gasteiger partial charge in [0.25, 0.3) is 5.91 Å². The van der Waals surface area contributed by atoms with E-state index in [0.29, 0.717) is 16.3 Å². The summed E-state index contributed by atoms with van der Waals surface area (Å²) >= 11 is 1.30. The van der Waals surface area contributed by atoms with E-state index in [2.05, 4.69) is 10.6 Å². The molecule has 0 bridgehead atoms. The van der Waals surface area contributed by atoms with E-state index >= 15 is 0 Å². The van der Waals surface area contributed by atoms with Gasteiger partial charge in [0.15, 0.2) is 0 Å². The van der Waals surface area contributed by atoms with Gasteiger partial charge < -0.3 is 20.8 Å². The predicted octanol–water partition coefficient (Wildman–Crippen LogP) is 6.12. The number of hydrogen-bond donors (Lipinski definition) is 4. The Labute approximate surface area is 228 Å². The average molecular weight is 541 g/mol. The van der Waals surface area contributed by atoms with E-state index in [4.69, 9.17) is 5.11 Å². The van der Waals surface area contributed by atoms with Gasteiger partial charge in [-0.25, -0.2) is 9.59 Å². The van der Waals surface area contributed by atoms with Crippen LogP contribution in [0.2, 0.25) is 0 Å². The van der Waals surface area contributed by atoms with Crippen LogP contribution in [0.4, 0.5) is 11.4 Å². The second-order valence-electron chi connectivity index (χ2n) is 8.62. The highest BCUT2D eigenvalue weighted by atomic mass is 32.2. The lowest BCUT2D eigenvalue weighted by molar-refractivity contribution is -0.115. The Kier molecular flexibility index (Phi) is 8.43. The van der Waals surface area contributed by atoms with Crippen molar-refractivity contribution in [2.75, 3.05) is 10.6 Å². The van der Waals surface area contributed by atoms with Gasteiger partial charge in [0, 0.05) is 16.3 Å². The Bertz CT molecular complexity index is 1540. The molecule has 0 aliphatic carbocycles. The molecule has 4 aromatic rings. The van der Waals surface area contributed by atoms with Crippen molar-refractivity contribution in [1.82, 2.24) is 0 Å². The van der Waals surface area contributed by atoms with E-state index < -0.39 is 28.7 Å². The molecule has 0 aromatic heterocycles. The molecule has 0 fully saturated rings. The van der Waals surface area contributed by atoms with Gasteiger partial charge >= 0.3 is 11.9 Å². The number of carbonyl (C=O) groups is 4. The standard InChI is InChI=1S/C30H24N2O6S/c1-18-10-13-21(14-11-18)31-28(34)26(19-6-3-2-4-7-19)39-23-9-5-8-22(17-23)32-27(33)24-15-12-20(29(35)36)16-25(24)30(37)38/h2-17,26H,1H3,(H,31,34)(H,32,33)(H,35,36)(H,37,38). The van der Waals surface area contributed by atoms with Crippen LogP contribution in [-0.2, 0) is 4.79 Å². The summed E-state index contributed by atoms with van der Waals surface area (Å²) in [6.07, 6.45) is 0. The molecule has 0 saturated carbocycles. The number of aromatic carboxylic acids is 2. The first-order chi connectivity index (χ1) is 18.7. The lowest BCUT2D eigenvalue weighted by Gasteiger charge is -2.18. The van der Waals surface area contributed by atoms with Crippen LogP contribution in [0.5, 0.6) is 0 Å². The monoisotopic (exact) mass is 540 g/mol. The average Bonchev–Trinajstić information content (AvgIpc) is 2.93. The number of hydrogen-bond acceptors (Lipinski definition) is 5. The highest BCUT2D eigenvalue weighted by Crippen LogP contribution is 2.37. The zero-order valence-corrected chi connectivity index (χ0v) is 21.6. The van der Waals surface area contributed by atoms with Crippen LogP contribution in [0.3, 0.4) is 0 Å². The lowest BCUT2D eigenvalue weighted by Crippen LogP contribution is -2.19. The number of nitrogens with one attached hydrogen (secondary N) is 2. The third-order valence-electron chi connectivity index (χ3n) is 5.75. The van der Waals surface area contributed by atoms with Crippen LogP contribution in [-0.4, -0.2) is 34.0 Å². The molecular formula is C30H24N2O6S. The van der Waals surface area contributed by atoms with Crippen molar-refractivity contribution in [2.45, 2.75) is 17.1 Å².